The third-order valence-corrected chi connectivity index (χ3v) is 0.167. The molecule has 1 nitrogen and oxygen atoms in total. The smallest absolute Gasteiger partial charge is 0.119 e. The molecule has 1 heteroatoms. The molecule has 0 heterocycles. The molecule has 0 fully saturated rings. The summed E-state index contributed by atoms with van der Waals surface area (Å²) in [6, 6.07) is 0. The summed E-state index contributed by atoms with van der Waals surface area (Å²) in [6.07, 6.45) is 1.51. The number of hydrogen-bond donors (Lipinski definition) is 0. The van der Waals surface area contributed by atoms with E-state index in [1.165, 1.54) is 0 Å². The summed E-state index contributed by atoms with van der Waals surface area (Å²) in [4.78, 5) is 9.17. The topological polar surface area (TPSA) is 17.1 Å². The molecule has 0 saturated carbocycles. The molecular weight excluding hydrogens is 100 g/mol. The van der Waals surface area contributed by atoms with E-state index in [0.29, 0.717) is 6.42 Å². The van der Waals surface area contributed by atoms with Crippen molar-refractivity contribution in [1.29, 1.82) is 0 Å². The molecule has 0 spiro atoms. The molecule has 0 amide bonds. The first kappa shape index (κ1) is 15.6. The molecule has 0 radical (unpaired) electrons. The molecule has 0 N–H and O–H groups in total. The highest BCUT2D eigenvalue weighted by Gasteiger charge is 1.52. The zero-order chi connectivity index (χ0) is 7.41. The molecule has 0 aliphatic heterocycles. The molecule has 0 saturated heterocycles. The van der Waals surface area contributed by atoms with E-state index in [-0.39, 0.29) is 0 Å². The lowest BCUT2D eigenvalue weighted by atomic mass is 10.6. The van der Waals surface area contributed by atoms with Crippen molar-refractivity contribution in [3.05, 3.63) is 0 Å². The summed E-state index contributed by atoms with van der Waals surface area (Å²) >= 11 is 0. The minimum Gasteiger partial charge on any atom is -0.303 e. The molecule has 8 heavy (non-hydrogen) atoms. The summed E-state index contributed by atoms with van der Waals surface area (Å²) in [7, 11) is 0. The Kier molecular flexibility index (Phi) is 150. The van der Waals surface area contributed by atoms with Crippen LogP contribution >= 0.6 is 0 Å². The van der Waals surface area contributed by atoms with Crippen LogP contribution in [0.4, 0.5) is 0 Å². The highest BCUT2D eigenvalue weighted by Crippen LogP contribution is 1.53. The lowest BCUT2D eigenvalue weighted by molar-refractivity contribution is -0.107. The van der Waals surface area contributed by atoms with Gasteiger partial charge in [-0.05, 0) is 0 Å². The van der Waals surface area contributed by atoms with Crippen LogP contribution in [-0.4, -0.2) is 6.29 Å². The van der Waals surface area contributed by atoms with Crippen LogP contribution in [0.15, 0.2) is 0 Å². The molecule has 52 valence electrons. The van der Waals surface area contributed by atoms with E-state index in [1.54, 1.807) is 0 Å². The highest BCUT2D eigenvalue weighted by atomic mass is 16.1. The van der Waals surface area contributed by atoms with Crippen molar-refractivity contribution in [1.82, 2.24) is 0 Å². The number of aldehydes is 1. The summed E-state index contributed by atoms with van der Waals surface area (Å²) in [5.74, 6) is 0. The highest BCUT2D eigenvalue weighted by molar-refractivity contribution is 5.48. The van der Waals surface area contributed by atoms with Gasteiger partial charge in [-0.25, -0.2) is 0 Å². The summed E-state index contributed by atoms with van der Waals surface area (Å²) in [5.41, 5.74) is 0. The molecule has 0 aromatic heterocycles. The molecule has 0 bridgehead atoms. The van der Waals surface area contributed by atoms with Crippen molar-refractivity contribution in [2.24, 2.45) is 0 Å². The van der Waals surface area contributed by atoms with Crippen LogP contribution in [0.25, 0.3) is 0 Å². The summed E-state index contributed by atoms with van der Waals surface area (Å²) < 4.78 is 0. The molecule has 0 unspecified atom stereocenters. The van der Waals surface area contributed by atoms with Crippen LogP contribution in [0, 0.1) is 0 Å². The molecule has 0 aromatic rings. The zero-order valence-corrected chi connectivity index (χ0v) is 6.69. The van der Waals surface area contributed by atoms with E-state index in [1.807, 2.05) is 34.6 Å². The summed E-state index contributed by atoms with van der Waals surface area (Å²) in [5, 5.41) is 0. The first-order valence-corrected chi connectivity index (χ1v) is 3.35. The predicted molar refractivity (Wildman–Crippen MR) is 39.1 cm³/mol. The van der Waals surface area contributed by atoms with E-state index in [4.69, 9.17) is 0 Å². The Labute approximate surface area is 53.1 Å². The lowest BCUT2D eigenvalue weighted by Crippen LogP contribution is -1.55. The van der Waals surface area contributed by atoms with Crippen LogP contribution in [-0.2, 0) is 4.79 Å². The molecule has 0 aromatic carbocycles. The van der Waals surface area contributed by atoms with E-state index in [0.717, 1.165) is 6.29 Å². The van der Waals surface area contributed by atoms with Crippen molar-refractivity contribution < 1.29 is 4.79 Å². The lowest BCUT2D eigenvalue weighted by Gasteiger charge is -1.51. The molecular formula is C7H18O. The van der Waals surface area contributed by atoms with Gasteiger partial charge in [-0.3, -0.25) is 0 Å². The van der Waals surface area contributed by atoms with Crippen molar-refractivity contribution >= 4 is 6.29 Å². The van der Waals surface area contributed by atoms with Crippen molar-refractivity contribution in [3.63, 3.8) is 0 Å². The molecule has 0 aliphatic carbocycles. The maximum Gasteiger partial charge on any atom is 0.119 e. The Balaban J connectivity index is -0.0000000542. The number of carbonyl (C=O) groups is 1. The number of carbonyl (C=O) groups excluding carboxylic acids is 1. The normalized spacial score (nSPS) is 4.62. The Hall–Kier alpha value is -0.330. The van der Waals surface area contributed by atoms with Crippen molar-refractivity contribution in [2.75, 3.05) is 0 Å². The van der Waals surface area contributed by atoms with Gasteiger partial charge in [-0.15, -0.1) is 0 Å². The van der Waals surface area contributed by atoms with Gasteiger partial charge in [-0.2, -0.15) is 0 Å². The molecule has 0 atom stereocenters. The van der Waals surface area contributed by atoms with Gasteiger partial charge in [0.1, 0.15) is 6.29 Å². The van der Waals surface area contributed by atoms with Crippen LogP contribution < -0.4 is 0 Å². The largest absolute Gasteiger partial charge is 0.303 e. The first-order chi connectivity index (χ1) is 3.91. The van der Waals surface area contributed by atoms with Gasteiger partial charge in [0.25, 0.3) is 0 Å². The van der Waals surface area contributed by atoms with Crippen molar-refractivity contribution in [2.45, 2.75) is 41.0 Å². The maximum absolute atomic E-state index is 9.17. The third-order valence-electron chi connectivity index (χ3n) is 0.167. The van der Waals surface area contributed by atoms with Gasteiger partial charge < -0.3 is 4.79 Å². The fraction of sp³-hybridized carbons (Fsp3) is 0.857. The second-order valence-corrected chi connectivity index (χ2v) is 0.575. The summed E-state index contributed by atoms with van der Waals surface area (Å²) in [6.45, 7) is 9.81. The van der Waals surface area contributed by atoms with Gasteiger partial charge >= 0.3 is 0 Å². The Morgan fingerprint density at radius 2 is 1.25 bits per heavy atom. The van der Waals surface area contributed by atoms with E-state index in [2.05, 4.69) is 0 Å². The minimum atomic E-state index is 0.639. The average Bonchev–Trinajstić information content (AvgIpc) is 1.96. The molecule has 0 aliphatic rings. The van der Waals surface area contributed by atoms with E-state index in [9.17, 15) is 4.79 Å². The fourth-order valence-corrected chi connectivity index (χ4v) is 0. The Morgan fingerprint density at radius 3 is 1.25 bits per heavy atom. The SMILES string of the molecule is CC.CC.CCC=O. The minimum absolute atomic E-state index is 0.639. The Morgan fingerprint density at radius 1 is 1.12 bits per heavy atom. The van der Waals surface area contributed by atoms with Gasteiger partial charge in [-0.1, -0.05) is 34.6 Å². The second kappa shape index (κ2) is 76.9. The quantitative estimate of drug-likeness (QED) is 0.484. The molecule has 0 rings (SSSR count). The average molecular weight is 118 g/mol. The standard InChI is InChI=1S/C3H6O.2C2H6/c1-2-3-4;2*1-2/h3H,2H2,1H3;2*1-2H3. The number of hydrogen-bond acceptors (Lipinski definition) is 1. The predicted octanol–water partition coefficient (Wildman–Crippen LogP) is 2.65. The van der Waals surface area contributed by atoms with Crippen LogP contribution in [0.1, 0.15) is 41.0 Å². The van der Waals surface area contributed by atoms with Crippen LogP contribution in [0.3, 0.4) is 0 Å². The van der Waals surface area contributed by atoms with E-state index < -0.39 is 0 Å². The first-order valence-electron chi connectivity index (χ1n) is 3.35. The Bertz CT molecular complexity index is 18.3. The van der Waals surface area contributed by atoms with Gasteiger partial charge in [0.05, 0.1) is 0 Å². The van der Waals surface area contributed by atoms with Gasteiger partial charge in [0, 0.05) is 6.42 Å². The third kappa shape index (κ3) is 275. The van der Waals surface area contributed by atoms with Gasteiger partial charge in [0.15, 0.2) is 0 Å². The number of rotatable bonds is 1. The van der Waals surface area contributed by atoms with E-state index >= 15 is 0 Å². The zero-order valence-electron chi connectivity index (χ0n) is 6.69. The van der Waals surface area contributed by atoms with Gasteiger partial charge in [0.2, 0.25) is 0 Å². The second-order valence-electron chi connectivity index (χ2n) is 0.575. The van der Waals surface area contributed by atoms with Crippen molar-refractivity contribution in [3.8, 4) is 0 Å². The maximum atomic E-state index is 9.17. The van der Waals surface area contributed by atoms with Crippen LogP contribution in [0.2, 0.25) is 0 Å². The monoisotopic (exact) mass is 118 g/mol. The fourth-order valence-electron chi connectivity index (χ4n) is 0. The van der Waals surface area contributed by atoms with Crippen LogP contribution in [0.5, 0.6) is 0 Å².